The monoisotopic (exact) mass is 340 g/mol. The molecule has 0 aliphatic rings. The molecule has 2 aromatic carbocycles. The normalized spacial score (nSPS) is 11.5. The zero-order valence-corrected chi connectivity index (χ0v) is 14.9. The van der Waals surface area contributed by atoms with Crippen LogP contribution in [0.5, 0.6) is 0 Å². The molecule has 26 heavy (non-hydrogen) atoms. The molecule has 0 aliphatic heterocycles. The lowest BCUT2D eigenvalue weighted by atomic mass is 10.1. The first kappa shape index (κ1) is 16.2. The molecule has 4 heteroatoms. The number of aryl methyl sites for hydroxylation is 2. The van der Waals surface area contributed by atoms with Gasteiger partial charge in [-0.05, 0) is 43.2 Å². The molecule has 0 amide bonds. The van der Waals surface area contributed by atoms with Crippen LogP contribution in [0.15, 0.2) is 83.0 Å². The van der Waals surface area contributed by atoms with Gasteiger partial charge in [-0.15, -0.1) is 10.2 Å². The van der Waals surface area contributed by atoms with Crippen LogP contribution in [0.25, 0.3) is 16.9 Å². The SMILES string of the molecule is CCc1ccc(N=Nc2c(-c3ccccc3)nc3cccc(C)n23)cc1. The molecule has 0 fully saturated rings. The van der Waals surface area contributed by atoms with Gasteiger partial charge in [-0.1, -0.05) is 55.5 Å². The Labute approximate surface area is 152 Å². The third-order valence-corrected chi connectivity index (χ3v) is 4.47. The molecule has 0 unspecified atom stereocenters. The van der Waals surface area contributed by atoms with E-state index in [2.05, 4.69) is 42.3 Å². The molecule has 0 atom stereocenters. The lowest BCUT2D eigenvalue weighted by Crippen LogP contribution is -1.89. The van der Waals surface area contributed by atoms with Crippen LogP contribution in [0.3, 0.4) is 0 Å². The van der Waals surface area contributed by atoms with Crippen molar-refractivity contribution in [1.29, 1.82) is 0 Å². The number of hydrogen-bond acceptors (Lipinski definition) is 3. The van der Waals surface area contributed by atoms with Crippen LogP contribution in [0.2, 0.25) is 0 Å². The maximum Gasteiger partial charge on any atom is 0.187 e. The summed E-state index contributed by atoms with van der Waals surface area (Å²) in [6, 6.07) is 24.4. The highest BCUT2D eigenvalue weighted by Crippen LogP contribution is 2.33. The molecule has 0 aliphatic carbocycles. The number of hydrogen-bond donors (Lipinski definition) is 0. The topological polar surface area (TPSA) is 42.0 Å². The zero-order chi connectivity index (χ0) is 17.9. The Morgan fingerprint density at radius 1 is 0.846 bits per heavy atom. The maximum absolute atomic E-state index is 4.79. The van der Waals surface area contributed by atoms with Crippen molar-refractivity contribution in [3.05, 3.63) is 84.1 Å². The molecule has 0 spiro atoms. The number of fused-ring (bicyclic) bond motifs is 1. The minimum Gasteiger partial charge on any atom is -0.280 e. The lowest BCUT2D eigenvalue weighted by molar-refractivity contribution is 1.05. The van der Waals surface area contributed by atoms with Crippen LogP contribution >= 0.6 is 0 Å². The molecule has 4 aromatic rings. The van der Waals surface area contributed by atoms with Gasteiger partial charge in [-0.3, -0.25) is 4.40 Å². The second kappa shape index (κ2) is 6.92. The molecular weight excluding hydrogens is 320 g/mol. The summed E-state index contributed by atoms with van der Waals surface area (Å²) in [5, 5.41) is 9.05. The Kier molecular flexibility index (Phi) is 4.32. The number of aromatic nitrogens is 2. The second-order valence-corrected chi connectivity index (χ2v) is 6.23. The molecule has 0 saturated carbocycles. The van der Waals surface area contributed by atoms with Gasteiger partial charge in [-0.25, -0.2) is 4.98 Å². The Hall–Kier alpha value is -3.27. The fourth-order valence-electron chi connectivity index (χ4n) is 3.02. The number of imidazole rings is 1. The molecule has 2 aromatic heterocycles. The maximum atomic E-state index is 4.79. The first-order valence-electron chi connectivity index (χ1n) is 8.80. The molecule has 4 nitrogen and oxygen atoms in total. The van der Waals surface area contributed by atoms with Gasteiger partial charge in [0.05, 0.1) is 5.69 Å². The molecular formula is C22H20N4. The third kappa shape index (κ3) is 3.02. The van der Waals surface area contributed by atoms with E-state index in [4.69, 9.17) is 4.98 Å². The average molecular weight is 340 g/mol. The van der Waals surface area contributed by atoms with Crippen molar-refractivity contribution >= 4 is 17.2 Å². The van der Waals surface area contributed by atoms with Crippen LogP contribution in [0.1, 0.15) is 18.2 Å². The Morgan fingerprint density at radius 3 is 2.35 bits per heavy atom. The van der Waals surface area contributed by atoms with Gasteiger partial charge < -0.3 is 0 Å². The summed E-state index contributed by atoms with van der Waals surface area (Å²) in [5.74, 6) is 0.754. The van der Waals surface area contributed by atoms with Crippen molar-refractivity contribution in [2.45, 2.75) is 20.3 Å². The number of nitrogens with zero attached hydrogens (tertiary/aromatic N) is 4. The average Bonchev–Trinajstić information content (AvgIpc) is 3.07. The quantitative estimate of drug-likeness (QED) is 0.403. The van der Waals surface area contributed by atoms with Gasteiger partial charge in [0.2, 0.25) is 0 Å². The highest BCUT2D eigenvalue weighted by molar-refractivity contribution is 5.74. The van der Waals surface area contributed by atoms with Gasteiger partial charge in [0.1, 0.15) is 11.3 Å². The Bertz CT molecular complexity index is 1060. The van der Waals surface area contributed by atoms with E-state index in [-0.39, 0.29) is 0 Å². The van der Waals surface area contributed by atoms with E-state index >= 15 is 0 Å². The molecule has 4 rings (SSSR count). The largest absolute Gasteiger partial charge is 0.280 e. The van der Waals surface area contributed by atoms with E-state index in [0.717, 1.165) is 40.5 Å². The van der Waals surface area contributed by atoms with Crippen molar-refractivity contribution in [1.82, 2.24) is 9.38 Å². The van der Waals surface area contributed by atoms with Gasteiger partial charge in [0.25, 0.3) is 0 Å². The van der Waals surface area contributed by atoms with Crippen LogP contribution in [-0.2, 0) is 6.42 Å². The smallest absolute Gasteiger partial charge is 0.187 e. The number of azo groups is 1. The van der Waals surface area contributed by atoms with Gasteiger partial charge in [0, 0.05) is 11.3 Å². The van der Waals surface area contributed by atoms with E-state index in [9.17, 15) is 0 Å². The van der Waals surface area contributed by atoms with E-state index in [1.165, 1.54) is 5.56 Å². The Balaban J connectivity index is 1.85. The molecule has 0 N–H and O–H groups in total. The Morgan fingerprint density at radius 2 is 1.62 bits per heavy atom. The summed E-state index contributed by atoms with van der Waals surface area (Å²) in [6.07, 6.45) is 1.02. The zero-order valence-electron chi connectivity index (χ0n) is 14.9. The van der Waals surface area contributed by atoms with E-state index in [1.807, 2.05) is 59.0 Å². The molecule has 0 bridgehead atoms. The van der Waals surface area contributed by atoms with Gasteiger partial charge >= 0.3 is 0 Å². The molecule has 128 valence electrons. The van der Waals surface area contributed by atoms with Crippen LogP contribution < -0.4 is 0 Å². The summed E-state index contributed by atoms with van der Waals surface area (Å²) >= 11 is 0. The predicted octanol–water partition coefficient (Wildman–Crippen LogP) is 6.29. The summed E-state index contributed by atoms with van der Waals surface area (Å²) in [4.78, 5) is 4.79. The number of rotatable bonds is 4. The highest BCUT2D eigenvalue weighted by Gasteiger charge is 2.15. The van der Waals surface area contributed by atoms with Crippen molar-refractivity contribution in [2.75, 3.05) is 0 Å². The summed E-state index contributed by atoms with van der Waals surface area (Å²) in [7, 11) is 0. The third-order valence-electron chi connectivity index (χ3n) is 4.47. The van der Waals surface area contributed by atoms with Gasteiger partial charge in [-0.2, -0.15) is 0 Å². The summed E-state index contributed by atoms with van der Waals surface area (Å²) in [5.41, 5.74) is 5.95. The second-order valence-electron chi connectivity index (χ2n) is 6.23. The van der Waals surface area contributed by atoms with E-state index < -0.39 is 0 Å². The van der Waals surface area contributed by atoms with Gasteiger partial charge in [0.15, 0.2) is 5.82 Å². The van der Waals surface area contributed by atoms with Crippen molar-refractivity contribution < 1.29 is 0 Å². The van der Waals surface area contributed by atoms with Crippen LogP contribution in [-0.4, -0.2) is 9.38 Å². The van der Waals surface area contributed by atoms with Crippen molar-refractivity contribution in [3.63, 3.8) is 0 Å². The van der Waals surface area contributed by atoms with Crippen molar-refractivity contribution in [3.8, 4) is 11.3 Å². The molecule has 0 saturated heterocycles. The minimum absolute atomic E-state index is 0.754. The lowest BCUT2D eigenvalue weighted by Gasteiger charge is -2.02. The van der Waals surface area contributed by atoms with E-state index in [0.29, 0.717) is 0 Å². The summed E-state index contributed by atoms with van der Waals surface area (Å²) < 4.78 is 2.05. The van der Waals surface area contributed by atoms with E-state index in [1.54, 1.807) is 0 Å². The minimum atomic E-state index is 0.754. The summed E-state index contributed by atoms with van der Waals surface area (Å²) in [6.45, 7) is 4.20. The number of pyridine rings is 1. The van der Waals surface area contributed by atoms with Crippen LogP contribution in [0.4, 0.5) is 11.5 Å². The molecule has 0 radical (unpaired) electrons. The fraction of sp³-hybridized carbons (Fsp3) is 0.136. The van der Waals surface area contributed by atoms with Crippen LogP contribution in [0, 0.1) is 6.92 Å². The first-order valence-corrected chi connectivity index (χ1v) is 8.80. The fourth-order valence-corrected chi connectivity index (χ4v) is 3.02. The predicted molar refractivity (Wildman–Crippen MR) is 105 cm³/mol. The van der Waals surface area contributed by atoms with Crippen molar-refractivity contribution in [2.24, 2.45) is 10.2 Å². The standard InChI is InChI=1S/C22H20N4/c1-3-17-12-14-19(15-13-17)24-25-22-21(18-9-5-4-6-10-18)23-20-11-7-8-16(2)26(20)22/h4-15H,3H2,1-2H3. The first-order chi connectivity index (χ1) is 12.8. The molecule has 2 heterocycles. The highest BCUT2D eigenvalue weighted by atomic mass is 15.2. The number of benzene rings is 2.